The maximum Gasteiger partial charge on any atom is 0.457 e. The van der Waals surface area contributed by atoms with Crippen molar-refractivity contribution in [3.8, 4) is 0 Å². The maximum atomic E-state index is 12.1. The predicted octanol–water partition coefficient (Wildman–Crippen LogP) is 3.15. The zero-order valence-electron chi connectivity index (χ0n) is 5.97. The summed E-state index contributed by atoms with van der Waals surface area (Å²) in [5.41, 5.74) is -0.981. The van der Waals surface area contributed by atoms with Crippen LogP contribution in [0.15, 0.2) is 11.6 Å². The highest BCUT2D eigenvalue weighted by Gasteiger charge is 2.58. The van der Waals surface area contributed by atoms with Gasteiger partial charge in [0.2, 0.25) is 0 Å². The molecule has 5 heteroatoms. The van der Waals surface area contributed by atoms with Gasteiger partial charge >= 0.3 is 12.1 Å². The first-order valence-electron chi connectivity index (χ1n) is 2.81. The third-order valence-corrected chi connectivity index (χ3v) is 1.28. The molecular weight excluding hydrogens is 167 g/mol. The van der Waals surface area contributed by atoms with Crippen LogP contribution in [0.2, 0.25) is 0 Å². The van der Waals surface area contributed by atoms with Crippen LogP contribution in [-0.4, -0.2) is 12.1 Å². The molecule has 0 aliphatic rings. The molecule has 0 radical (unpaired) electrons. The van der Waals surface area contributed by atoms with Gasteiger partial charge in [0, 0.05) is 5.57 Å². The predicted molar refractivity (Wildman–Crippen MR) is 30.4 cm³/mol. The van der Waals surface area contributed by atoms with Gasteiger partial charge in [-0.25, -0.2) is 0 Å². The lowest BCUT2D eigenvalue weighted by atomic mass is 10.1. The minimum absolute atomic E-state index is 0.744. The SMILES string of the molecule is C/C=C(/C)C(F)(F)C(F)(F)F. The standard InChI is InChI=1S/C6H7F5/c1-3-4(2)5(7,8)6(9,10)11/h3H,1-2H3/b4-3-. The molecule has 0 aliphatic carbocycles. The fourth-order valence-electron chi connectivity index (χ4n) is 0.405. The van der Waals surface area contributed by atoms with Crippen molar-refractivity contribution in [1.82, 2.24) is 0 Å². The van der Waals surface area contributed by atoms with Crippen LogP contribution >= 0.6 is 0 Å². The number of hydrogen-bond donors (Lipinski definition) is 0. The topological polar surface area (TPSA) is 0 Å². The third kappa shape index (κ3) is 1.91. The summed E-state index contributed by atoms with van der Waals surface area (Å²) in [5.74, 6) is -4.69. The van der Waals surface area contributed by atoms with E-state index in [2.05, 4.69) is 0 Å². The maximum absolute atomic E-state index is 12.1. The van der Waals surface area contributed by atoms with Crippen molar-refractivity contribution >= 4 is 0 Å². The second-order valence-electron chi connectivity index (χ2n) is 2.04. The highest BCUT2D eigenvalue weighted by Crippen LogP contribution is 2.40. The van der Waals surface area contributed by atoms with Crippen LogP contribution in [0.1, 0.15) is 13.8 Å². The molecule has 0 fully saturated rings. The zero-order valence-corrected chi connectivity index (χ0v) is 5.97. The third-order valence-electron chi connectivity index (χ3n) is 1.28. The van der Waals surface area contributed by atoms with E-state index in [0.29, 0.717) is 0 Å². The van der Waals surface area contributed by atoms with E-state index in [9.17, 15) is 22.0 Å². The molecule has 0 rings (SSSR count). The summed E-state index contributed by atoms with van der Waals surface area (Å²) in [6, 6.07) is 0. The molecule has 11 heavy (non-hydrogen) atoms. The summed E-state index contributed by atoms with van der Waals surface area (Å²) in [5, 5.41) is 0. The first-order valence-corrected chi connectivity index (χ1v) is 2.81. The van der Waals surface area contributed by atoms with Crippen molar-refractivity contribution in [1.29, 1.82) is 0 Å². The van der Waals surface area contributed by atoms with E-state index in [4.69, 9.17) is 0 Å². The molecule has 0 atom stereocenters. The van der Waals surface area contributed by atoms with Gasteiger partial charge < -0.3 is 0 Å². The van der Waals surface area contributed by atoms with Gasteiger partial charge in [0.15, 0.2) is 0 Å². The Morgan fingerprint density at radius 2 is 1.45 bits per heavy atom. The van der Waals surface area contributed by atoms with Crippen LogP contribution in [0.3, 0.4) is 0 Å². The summed E-state index contributed by atoms with van der Waals surface area (Å²) in [6.45, 7) is 1.88. The second-order valence-corrected chi connectivity index (χ2v) is 2.04. The minimum atomic E-state index is -5.48. The molecular formula is C6H7F5. The van der Waals surface area contributed by atoms with Gasteiger partial charge in [-0.2, -0.15) is 22.0 Å². The lowest BCUT2D eigenvalue weighted by molar-refractivity contribution is -0.264. The molecule has 0 aliphatic heterocycles. The monoisotopic (exact) mass is 174 g/mol. The van der Waals surface area contributed by atoms with Crippen LogP contribution in [0.5, 0.6) is 0 Å². The fourth-order valence-corrected chi connectivity index (χ4v) is 0.405. The summed E-state index contributed by atoms with van der Waals surface area (Å²) in [6.07, 6.45) is -4.74. The molecule has 0 saturated carbocycles. The highest BCUT2D eigenvalue weighted by molar-refractivity contribution is 5.11. The highest BCUT2D eigenvalue weighted by atomic mass is 19.4. The van der Waals surface area contributed by atoms with E-state index in [1.807, 2.05) is 0 Å². The number of alkyl halides is 5. The molecule has 0 heterocycles. The van der Waals surface area contributed by atoms with Crippen LogP contribution in [-0.2, 0) is 0 Å². The smallest absolute Gasteiger partial charge is 0.191 e. The van der Waals surface area contributed by atoms with Crippen LogP contribution < -0.4 is 0 Å². The quantitative estimate of drug-likeness (QED) is 0.423. The summed E-state index contributed by atoms with van der Waals surface area (Å²) in [4.78, 5) is 0. The van der Waals surface area contributed by atoms with Crippen molar-refractivity contribution in [3.05, 3.63) is 11.6 Å². The molecule has 0 saturated heterocycles. The van der Waals surface area contributed by atoms with E-state index in [0.717, 1.165) is 19.9 Å². The molecule has 0 unspecified atom stereocenters. The van der Waals surface area contributed by atoms with Gasteiger partial charge in [0.1, 0.15) is 0 Å². The zero-order chi connectivity index (χ0) is 9.28. The van der Waals surface area contributed by atoms with Crippen LogP contribution in [0, 0.1) is 0 Å². The molecule has 0 bridgehead atoms. The lowest BCUT2D eigenvalue weighted by Crippen LogP contribution is -2.37. The van der Waals surface area contributed by atoms with Gasteiger partial charge in [-0.05, 0) is 13.8 Å². The van der Waals surface area contributed by atoms with Crippen molar-refractivity contribution in [3.63, 3.8) is 0 Å². The number of rotatable bonds is 1. The first-order chi connectivity index (χ1) is 4.73. The average Bonchev–Trinajstić information content (AvgIpc) is 1.83. The average molecular weight is 174 g/mol. The summed E-state index contributed by atoms with van der Waals surface area (Å²) < 4.78 is 58.7. The Balaban J connectivity index is 4.74. The van der Waals surface area contributed by atoms with E-state index < -0.39 is 17.7 Å². The number of hydrogen-bond acceptors (Lipinski definition) is 0. The molecule has 0 N–H and O–H groups in total. The molecule has 0 nitrogen and oxygen atoms in total. The van der Waals surface area contributed by atoms with Gasteiger partial charge in [-0.1, -0.05) is 6.08 Å². The van der Waals surface area contributed by atoms with Crippen molar-refractivity contribution < 1.29 is 22.0 Å². The van der Waals surface area contributed by atoms with Gasteiger partial charge in [-0.15, -0.1) is 0 Å². The van der Waals surface area contributed by atoms with Crippen molar-refractivity contribution in [2.45, 2.75) is 25.9 Å². The Labute approximate surface area is 60.7 Å². The summed E-state index contributed by atoms with van der Waals surface area (Å²) in [7, 11) is 0. The van der Waals surface area contributed by atoms with Gasteiger partial charge in [-0.3, -0.25) is 0 Å². The Hall–Kier alpha value is -0.610. The Morgan fingerprint density at radius 1 is 1.09 bits per heavy atom. The summed E-state index contributed by atoms with van der Waals surface area (Å²) >= 11 is 0. The fraction of sp³-hybridized carbons (Fsp3) is 0.667. The van der Waals surface area contributed by atoms with Crippen LogP contribution in [0.25, 0.3) is 0 Å². The minimum Gasteiger partial charge on any atom is -0.191 e. The van der Waals surface area contributed by atoms with E-state index >= 15 is 0 Å². The van der Waals surface area contributed by atoms with E-state index in [1.165, 1.54) is 0 Å². The number of halogens is 5. The molecule has 0 aromatic carbocycles. The van der Waals surface area contributed by atoms with Gasteiger partial charge in [0.25, 0.3) is 0 Å². The largest absolute Gasteiger partial charge is 0.457 e. The Kier molecular flexibility index (Phi) is 2.64. The molecule has 0 aromatic heterocycles. The molecule has 66 valence electrons. The van der Waals surface area contributed by atoms with Crippen LogP contribution in [0.4, 0.5) is 22.0 Å². The molecule has 0 aromatic rings. The van der Waals surface area contributed by atoms with Crippen molar-refractivity contribution in [2.24, 2.45) is 0 Å². The van der Waals surface area contributed by atoms with Crippen molar-refractivity contribution in [2.75, 3.05) is 0 Å². The first kappa shape index (κ1) is 10.4. The Bertz CT molecular complexity index is 164. The molecule has 0 spiro atoms. The van der Waals surface area contributed by atoms with E-state index in [-0.39, 0.29) is 0 Å². The normalized spacial score (nSPS) is 15.4. The second kappa shape index (κ2) is 2.79. The van der Waals surface area contributed by atoms with Gasteiger partial charge in [0.05, 0.1) is 0 Å². The lowest BCUT2D eigenvalue weighted by Gasteiger charge is -2.19. The Morgan fingerprint density at radius 3 is 1.55 bits per heavy atom. The van der Waals surface area contributed by atoms with E-state index in [1.54, 1.807) is 0 Å². The number of allylic oxidation sites excluding steroid dienone is 2. The molecule has 0 amide bonds.